The first-order valence-corrected chi connectivity index (χ1v) is 9.26. The number of nitrogens with one attached hydrogen (secondary N) is 3. The topological polar surface area (TPSA) is 188 Å². The van der Waals surface area contributed by atoms with E-state index in [1.165, 1.54) is 6.92 Å². The number of carboxylic acid groups (broad SMARTS) is 2. The van der Waals surface area contributed by atoms with E-state index in [-0.39, 0.29) is 12.2 Å². The molecule has 0 bridgehead atoms. The van der Waals surface area contributed by atoms with Crippen molar-refractivity contribution in [1.82, 2.24) is 16.0 Å². The Morgan fingerprint density at radius 2 is 1.39 bits per heavy atom. The van der Waals surface area contributed by atoms with Crippen molar-refractivity contribution in [2.75, 3.05) is 5.75 Å². The molecule has 0 radical (unpaired) electrons. The maximum Gasteiger partial charge on any atom is 0.326 e. The van der Waals surface area contributed by atoms with Crippen LogP contribution in [0.2, 0.25) is 0 Å². The van der Waals surface area contributed by atoms with Crippen molar-refractivity contribution in [3.63, 3.8) is 0 Å². The van der Waals surface area contributed by atoms with Gasteiger partial charge in [-0.15, -0.1) is 0 Å². The molecule has 0 aromatic carbocycles. The number of hydrogen-bond acceptors (Lipinski definition) is 7. The van der Waals surface area contributed by atoms with Crippen LogP contribution in [0.15, 0.2) is 0 Å². The molecule has 4 unspecified atom stereocenters. The van der Waals surface area contributed by atoms with Crippen LogP contribution in [0.25, 0.3) is 0 Å². The van der Waals surface area contributed by atoms with Gasteiger partial charge in [0, 0.05) is 12.2 Å². The lowest BCUT2D eigenvalue weighted by Crippen LogP contribution is -2.58. The molecule has 0 rings (SSSR count). The van der Waals surface area contributed by atoms with Crippen LogP contribution in [0.5, 0.6) is 0 Å². The van der Waals surface area contributed by atoms with Crippen LogP contribution in [0.1, 0.15) is 33.6 Å². The lowest BCUT2D eigenvalue weighted by atomic mass is 10.0. The molecule has 0 aromatic rings. The highest BCUT2D eigenvalue weighted by Gasteiger charge is 2.30. The third kappa shape index (κ3) is 9.04. The average molecular weight is 420 g/mol. The summed E-state index contributed by atoms with van der Waals surface area (Å²) >= 11 is 3.99. The summed E-state index contributed by atoms with van der Waals surface area (Å²) in [6.45, 7) is 4.61. The number of carbonyl (C=O) groups excluding carboxylic acids is 3. The van der Waals surface area contributed by atoms with Crippen molar-refractivity contribution in [3.8, 4) is 0 Å². The highest BCUT2D eigenvalue weighted by atomic mass is 32.1. The number of aliphatic carboxylic acids is 2. The molecule has 0 saturated heterocycles. The van der Waals surface area contributed by atoms with Crippen molar-refractivity contribution in [3.05, 3.63) is 0 Å². The fourth-order valence-corrected chi connectivity index (χ4v) is 2.33. The molecule has 12 heteroatoms. The average Bonchev–Trinajstić information content (AvgIpc) is 2.59. The van der Waals surface area contributed by atoms with Crippen LogP contribution in [-0.2, 0) is 24.0 Å². The summed E-state index contributed by atoms with van der Waals surface area (Å²) in [5.74, 6) is -5.17. The number of rotatable bonds is 12. The first-order chi connectivity index (χ1) is 12.9. The predicted molar refractivity (Wildman–Crippen MR) is 103 cm³/mol. The van der Waals surface area contributed by atoms with Crippen molar-refractivity contribution in [1.29, 1.82) is 0 Å². The monoisotopic (exact) mass is 420 g/mol. The SMILES string of the molecule is CC(N)C(=O)NC(CCC(=O)O)C(=O)NC(CS)C(=O)NC(C(=O)O)C(C)C. The van der Waals surface area contributed by atoms with Crippen molar-refractivity contribution in [2.24, 2.45) is 11.7 Å². The van der Waals surface area contributed by atoms with Crippen molar-refractivity contribution < 1.29 is 34.2 Å². The van der Waals surface area contributed by atoms with Crippen LogP contribution in [-0.4, -0.2) is 69.8 Å². The Morgan fingerprint density at radius 3 is 1.79 bits per heavy atom. The van der Waals surface area contributed by atoms with E-state index in [0.717, 1.165) is 0 Å². The van der Waals surface area contributed by atoms with Crippen LogP contribution in [0.4, 0.5) is 0 Å². The van der Waals surface area contributed by atoms with Gasteiger partial charge in [0.1, 0.15) is 18.1 Å². The van der Waals surface area contributed by atoms with Crippen LogP contribution >= 0.6 is 12.6 Å². The van der Waals surface area contributed by atoms with Crippen molar-refractivity contribution in [2.45, 2.75) is 57.8 Å². The number of thiol groups is 1. The standard InChI is InChI=1S/C16H28N4O7S/c1-7(2)12(16(26)27)20-15(25)10(6-28)19-14(24)9(4-5-11(21)22)18-13(23)8(3)17/h7-10,12,28H,4-6,17H2,1-3H3,(H,18,23)(H,19,24)(H,20,25)(H,21,22)(H,26,27). The summed E-state index contributed by atoms with van der Waals surface area (Å²) in [5, 5.41) is 25.0. The fourth-order valence-electron chi connectivity index (χ4n) is 2.07. The van der Waals surface area contributed by atoms with Gasteiger partial charge >= 0.3 is 11.9 Å². The molecule has 4 atom stereocenters. The number of nitrogens with two attached hydrogens (primary N) is 1. The van der Waals surface area contributed by atoms with E-state index < -0.39 is 66.2 Å². The number of hydrogen-bond donors (Lipinski definition) is 7. The minimum absolute atomic E-state index is 0.144. The molecule has 0 spiro atoms. The molecule has 0 heterocycles. The summed E-state index contributed by atoms with van der Waals surface area (Å²) in [7, 11) is 0. The highest BCUT2D eigenvalue weighted by Crippen LogP contribution is 2.04. The van der Waals surface area contributed by atoms with Gasteiger partial charge in [-0.2, -0.15) is 12.6 Å². The lowest BCUT2D eigenvalue weighted by Gasteiger charge is -2.24. The summed E-state index contributed by atoms with van der Waals surface area (Å²) < 4.78 is 0. The van der Waals surface area contributed by atoms with E-state index in [0.29, 0.717) is 0 Å². The second kappa shape index (κ2) is 12.2. The van der Waals surface area contributed by atoms with Crippen molar-refractivity contribution >= 4 is 42.3 Å². The summed E-state index contributed by atoms with van der Waals surface area (Å²) in [6, 6.07) is -4.50. The Balaban J connectivity index is 5.19. The van der Waals surface area contributed by atoms with E-state index >= 15 is 0 Å². The van der Waals surface area contributed by atoms with Gasteiger partial charge in [0.25, 0.3) is 0 Å². The Bertz CT molecular complexity index is 598. The maximum absolute atomic E-state index is 12.5. The molecule has 3 amide bonds. The predicted octanol–water partition coefficient (Wildman–Crippen LogP) is -1.68. The van der Waals surface area contributed by atoms with Crippen LogP contribution < -0.4 is 21.7 Å². The van der Waals surface area contributed by atoms with Gasteiger partial charge in [0.2, 0.25) is 17.7 Å². The fraction of sp³-hybridized carbons (Fsp3) is 0.688. The van der Waals surface area contributed by atoms with Crippen LogP contribution in [0.3, 0.4) is 0 Å². The third-order valence-electron chi connectivity index (χ3n) is 3.74. The largest absolute Gasteiger partial charge is 0.481 e. The minimum Gasteiger partial charge on any atom is -0.481 e. The van der Waals surface area contributed by atoms with Gasteiger partial charge in [-0.3, -0.25) is 19.2 Å². The van der Waals surface area contributed by atoms with E-state index in [4.69, 9.17) is 15.9 Å². The van der Waals surface area contributed by atoms with Gasteiger partial charge in [-0.1, -0.05) is 13.8 Å². The van der Waals surface area contributed by atoms with Gasteiger partial charge in [-0.25, -0.2) is 4.79 Å². The smallest absolute Gasteiger partial charge is 0.326 e. The molecule has 0 saturated carbocycles. The Kier molecular flexibility index (Phi) is 11.2. The molecule has 0 aromatic heterocycles. The zero-order valence-corrected chi connectivity index (χ0v) is 16.9. The second-order valence-corrected chi connectivity index (χ2v) is 6.96. The van der Waals surface area contributed by atoms with Gasteiger partial charge in [-0.05, 0) is 19.3 Å². The molecule has 7 N–H and O–H groups in total. The first kappa shape index (κ1) is 25.7. The van der Waals surface area contributed by atoms with E-state index in [1.54, 1.807) is 13.8 Å². The zero-order valence-electron chi connectivity index (χ0n) is 16.0. The molecule has 11 nitrogen and oxygen atoms in total. The quantitative estimate of drug-likeness (QED) is 0.182. The van der Waals surface area contributed by atoms with E-state index in [2.05, 4.69) is 28.6 Å². The number of carbonyl (C=O) groups is 5. The normalized spacial score (nSPS) is 15.1. The Labute approximate surface area is 168 Å². The zero-order chi connectivity index (χ0) is 22.0. The number of carboxylic acids is 2. The number of amides is 3. The minimum atomic E-state index is -1.23. The molecule has 0 aliphatic rings. The molecule has 0 fully saturated rings. The van der Waals surface area contributed by atoms with E-state index in [9.17, 15) is 24.0 Å². The third-order valence-corrected chi connectivity index (χ3v) is 4.10. The van der Waals surface area contributed by atoms with Crippen LogP contribution in [0, 0.1) is 5.92 Å². The first-order valence-electron chi connectivity index (χ1n) is 8.62. The maximum atomic E-state index is 12.5. The van der Waals surface area contributed by atoms with E-state index in [1.807, 2.05) is 0 Å². The highest BCUT2D eigenvalue weighted by molar-refractivity contribution is 7.80. The van der Waals surface area contributed by atoms with Gasteiger partial charge in [0.15, 0.2) is 0 Å². The summed E-state index contributed by atoms with van der Waals surface area (Å²) in [4.78, 5) is 58.5. The summed E-state index contributed by atoms with van der Waals surface area (Å²) in [6.07, 6.45) is -0.617. The molecule has 160 valence electrons. The van der Waals surface area contributed by atoms with Gasteiger partial charge < -0.3 is 31.9 Å². The molecular weight excluding hydrogens is 392 g/mol. The molecule has 28 heavy (non-hydrogen) atoms. The molecule has 0 aliphatic carbocycles. The lowest BCUT2D eigenvalue weighted by molar-refractivity contribution is -0.143. The molecular formula is C16H28N4O7S. The Hall–Kier alpha value is -2.34. The van der Waals surface area contributed by atoms with Gasteiger partial charge in [0.05, 0.1) is 6.04 Å². The Morgan fingerprint density at radius 1 is 0.893 bits per heavy atom. The second-order valence-electron chi connectivity index (χ2n) is 6.59. The summed E-state index contributed by atoms with van der Waals surface area (Å²) in [5.41, 5.74) is 5.44. The molecule has 0 aliphatic heterocycles.